The van der Waals surface area contributed by atoms with E-state index < -0.39 is 10.0 Å². The van der Waals surface area contributed by atoms with E-state index in [9.17, 15) is 8.42 Å². The van der Waals surface area contributed by atoms with Gasteiger partial charge in [-0.25, -0.2) is 8.42 Å². The monoisotopic (exact) mass is 301 g/mol. The highest BCUT2D eigenvalue weighted by atomic mass is 32.2. The summed E-state index contributed by atoms with van der Waals surface area (Å²) < 4.78 is 27.0. The molecule has 5 nitrogen and oxygen atoms in total. The lowest BCUT2D eigenvalue weighted by Crippen LogP contribution is -2.13. The van der Waals surface area contributed by atoms with E-state index >= 15 is 0 Å². The standard InChI is InChI=1S/C15H15N3O2S/c1-2-17-13-7-9-14(10-8-13)21(19,20)18-15-6-4-3-5-12(15)11-16/h3-10,17-18H,2H2,1H3. The van der Waals surface area contributed by atoms with Gasteiger partial charge in [0.05, 0.1) is 16.1 Å². The Bertz CT molecular complexity index is 762. The summed E-state index contributed by atoms with van der Waals surface area (Å²) in [5, 5.41) is 12.1. The number of nitrogens with one attached hydrogen (secondary N) is 2. The average molecular weight is 301 g/mol. The maximum Gasteiger partial charge on any atom is 0.261 e. The molecule has 0 bridgehead atoms. The predicted molar refractivity (Wildman–Crippen MR) is 82.6 cm³/mol. The van der Waals surface area contributed by atoms with Gasteiger partial charge in [0, 0.05) is 12.2 Å². The highest BCUT2D eigenvalue weighted by molar-refractivity contribution is 7.92. The van der Waals surface area contributed by atoms with Crippen molar-refractivity contribution < 1.29 is 8.42 Å². The molecule has 0 aliphatic carbocycles. The molecule has 2 N–H and O–H groups in total. The molecule has 0 radical (unpaired) electrons. The maximum absolute atomic E-state index is 12.3. The molecule has 108 valence electrons. The first-order valence-corrected chi connectivity index (χ1v) is 7.91. The molecular formula is C15H15N3O2S. The van der Waals surface area contributed by atoms with Gasteiger partial charge in [-0.15, -0.1) is 0 Å². The highest BCUT2D eigenvalue weighted by Gasteiger charge is 2.15. The van der Waals surface area contributed by atoms with Crippen molar-refractivity contribution in [2.45, 2.75) is 11.8 Å². The van der Waals surface area contributed by atoms with Gasteiger partial charge in [0.15, 0.2) is 0 Å². The first-order valence-electron chi connectivity index (χ1n) is 6.42. The fourth-order valence-corrected chi connectivity index (χ4v) is 2.91. The van der Waals surface area contributed by atoms with E-state index in [1.54, 1.807) is 36.4 Å². The van der Waals surface area contributed by atoms with E-state index in [-0.39, 0.29) is 16.1 Å². The summed E-state index contributed by atoms with van der Waals surface area (Å²) in [5.74, 6) is 0. The second kappa shape index (κ2) is 6.29. The molecule has 21 heavy (non-hydrogen) atoms. The van der Waals surface area contributed by atoms with Crippen LogP contribution in [0.3, 0.4) is 0 Å². The zero-order valence-electron chi connectivity index (χ0n) is 11.5. The van der Waals surface area contributed by atoms with Crippen LogP contribution in [0.4, 0.5) is 11.4 Å². The number of benzene rings is 2. The zero-order chi connectivity index (χ0) is 15.3. The van der Waals surface area contributed by atoms with Crippen molar-refractivity contribution >= 4 is 21.4 Å². The lowest BCUT2D eigenvalue weighted by atomic mass is 10.2. The van der Waals surface area contributed by atoms with E-state index in [2.05, 4.69) is 10.0 Å². The van der Waals surface area contributed by atoms with Crippen LogP contribution in [0, 0.1) is 11.3 Å². The summed E-state index contributed by atoms with van der Waals surface area (Å²) in [7, 11) is -3.71. The molecule has 0 aliphatic heterocycles. The Morgan fingerprint density at radius 1 is 1.10 bits per heavy atom. The minimum atomic E-state index is -3.71. The highest BCUT2D eigenvalue weighted by Crippen LogP contribution is 2.20. The largest absolute Gasteiger partial charge is 0.385 e. The topological polar surface area (TPSA) is 82.0 Å². The van der Waals surface area contributed by atoms with E-state index in [0.29, 0.717) is 0 Å². The predicted octanol–water partition coefficient (Wildman–Crippen LogP) is 2.79. The van der Waals surface area contributed by atoms with Crippen LogP contribution >= 0.6 is 0 Å². The van der Waals surface area contributed by atoms with Crippen molar-refractivity contribution in [3.63, 3.8) is 0 Å². The van der Waals surface area contributed by atoms with Crippen molar-refractivity contribution in [2.75, 3.05) is 16.6 Å². The summed E-state index contributed by atoms with van der Waals surface area (Å²) >= 11 is 0. The SMILES string of the molecule is CCNc1ccc(S(=O)(=O)Nc2ccccc2C#N)cc1. The number of sulfonamides is 1. The Hall–Kier alpha value is -2.52. The second-order valence-electron chi connectivity index (χ2n) is 4.32. The number of para-hydroxylation sites is 1. The minimum absolute atomic E-state index is 0.150. The Kier molecular flexibility index (Phi) is 4.45. The number of nitriles is 1. The number of hydrogen-bond acceptors (Lipinski definition) is 4. The van der Waals surface area contributed by atoms with E-state index in [0.717, 1.165) is 12.2 Å². The summed E-state index contributed by atoms with van der Waals surface area (Å²) in [6.07, 6.45) is 0. The Balaban J connectivity index is 2.28. The number of hydrogen-bond donors (Lipinski definition) is 2. The van der Waals surface area contributed by atoms with Crippen molar-refractivity contribution in [2.24, 2.45) is 0 Å². The molecule has 0 saturated heterocycles. The van der Waals surface area contributed by atoms with Gasteiger partial charge in [-0.1, -0.05) is 12.1 Å². The van der Waals surface area contributed by atoms with Gasteiger partial charge in [-0.05, 0) is 43.3 Å². The third-order valence-electron chi connectivity index (χ3n) is 2.84. The van der Waals surface area contributed by atoms with Crippen LogP contribution in [0.15, 0.2) is 53.4 Å². The molecule has 2 rings (SSSR count). The molecule has 0 heterocycles. The van der Waals surface area contributed by atoms with Gasteiger partial charge < -0.3 is 5.32 Å². The Labute approximate surface area is 124 Å². The molecule has 2 aromatic carbocycles. The van der Waals surface area contributed by atoms with Crippen molar-refractivity contribution in [3.8, 4) is 6.07 Å². The van der Waals surface area contributed by atoms with Gasteiger partial charge in [0.2, 0.25) is 0 Å². The molecule has 0 spiro atoms. The van der Waals surface area contributed by atoms with Crippen LogP contribution in [-0.2, 0) is 10.0 Å². The van der Waals surface area contributed by atoms with Crippen molar-refractivity contribution in [1.82, 2.24) is 0 Å². The maximum atomic E-state index is 12.3. The molecule has 0 aliphatic rings. The molecule has 6 heteroatoms. The third-order valence-corrected chi connectivity index (χ3v) is 4.22. The van der Waals surface area contributed by atoms with Crippen molar-refractivity contribution in [3.05, 3.63) is 54.1 Å². The van der Waals surface area contributed by atoms with Gasteiger partial charge in [-0.3, -0.25) is 4.72 Å². The fraction of sp³-hybridized carbons (Fsp3) is 0.133. The normalized spacial score (nSPS) is 10.7. The van der Waals surface area contributed by atoms with Crippen LogP contribution in [0.25, 0.3) is 0 Å². The van der Waals surface area contributed by atoms with Gasteiger partial charge >= 0.3 is 0 Å². The Morgan fingerprint density at radius 3 is 2.38 bits per heavy atom. The molecule has 0 unspecified atom stereocenters. The Morgan fingerprint density at radius 2 is 1.76 bits per heavy atom. The first-order chi connectivity index (χ1) is 10.1. The molecule has 0 saturated carbocycles. The summed E-state index contributed by atoms with van der Waals surface area (Å²) in [4.78, 5) is 0.150. The zero-order valence-corrected chi connectivity index (χ0v) is 12.3. The van der Waals surface area contributed by atoms with Gasteiger partial charge in [0.1, 0.15) is 6.07 Å². The average Bonchev–Trinajstić information content (AvgIpc) is 2.48. The van der Waals surface area contributed by atoms with Gasteiger partial charge in [-0.2, -0.15) is 5.26 Å². The quantitative estimate of drug-likeness (QED) is 0.889. The van der Waals surface area contributed by atoms with E-state index in [4.69, 9.17) is 5.26 Å². The number of rotatable bonds is 5. The number of nitrogens with zero attached hydrogens (tertiary/aromatic N) is 1. The fourth-order valence-electron chi connectivity index (χ4n) is 1.83. The van der Waals surface area contributed by atoms with Gasteiger partial charge in [0.25, 0.3) is 10.0 Å². The molecule has 0 atom stereocenters. The first kappa shape index (κ1) is 14.9. The molecule has 2 aromatic rings. The van der Waals surface area contributed by atoms with Crippen LogP contribution in [0.5, 0.6) is 0 Å². The van der Waals surface area contributed by atoms with E-state index in [1.807, 2.05) is 13.0 Å². The van der Waals surface area contributed by atoms with Crippen LogP contribution in [0.2, 0.25) is 0 Å². The number of anilines is 2. The lowest BCUT2D eigenvalue weighted by Gasteiger charge is -2.10. The summed E-state index contributed by atoms with van der Waals surface area (Å²) in [6, 6.07) is 14.9. The molecular weight excluding hydrogens is 286 g/mol. The van der Waals surface area contributed by atoms with Crippen LogP contribution < -0.4 is 10.0 Å². The molecule has 0 fully saturated rings. The molecule has 0 amide bonds. The second-order valence-corrected chi connectivity index (χ2v) is 6.00. The lowest BCUT2D eigenvalue weighted by molar-refractivity contribution is 0.601. The molecule has 0 aromatic heterocycles. The van der Waals surface area contributed by atoms with Crippen LogP contribution in [0.1, 0.15) is 12.5 Å². The summed E-state index contributed by atoms with van der Waals surface area (Å²) in [6.45, 7) is 2.73. The van der Waals surface area contributed by atoms with Crippen molar-refractivity contribution in [1.29, 1.82) is 5.26 Å². The van der Waals surface area contributed by atoms with E-state index in [1.165, 1.54) is 12.1 Å². The smallest absolute Gasteiger partial charge is 0.261 e. The summed E-state index contributed by atoms with van der Waals surface area (Å²) in [5.41, 5.74) is 1.41. The minimum Gasteiger partial charge on any atom is -0.385 e. The van der Waals surface area contributed by atoms with Crippen LogP contribution in [-0.4, -0.2) is 15.0 Å². The third kappa shape index (κ3) is 3.52.